The first kappa shape index (κ1) is 8.92. The van der Waals surface area contributed by atoms with Gasteiger partial charge in [0.1, 0.15) is 5.75 Å². The maximum absolute atomic E-state index is 8.66. The van der Waals surface area contributed by atoms with Gasteiger partial charge in [-0.25, -0.2) is 0 Å². The number of ether oxygens (including phenoxy) is 1. The zero-order chi connectivity index (χ0) is 8.81. The first-order chi connectivity index (χ1) is 5.79. The standard InChI is InChI=1S/C7H11N3O2/c1-10(11)9-6-12-7-2-4-8-5-3-7/h2-5,9,11H,6H2,1H3. The molecule has 2 N–H and O–H groups in total. The Morgan fingerprint density at radius 1 is 1.58 bits per heavy atom. The van der Waals surface area contributed by atoms with Gasteiger partial charge in [-0.15, -0.1) is 5.17 Å². The van der Waals surface area contributed by atoms with E-state index in [4.69, 9.17) is 9.94 Å². The molecule has 0 aliphatic rings. The molecule has 0 saturated heterocycles. The summed E-state index contributed by atoms with van der Waals surface area (Å²) < 4.78 is 5.16. The Balaban J connectivity index is 2.25. The minimum absolute atomic E-state index is 0.219. The highest BCUT2D eigenvalue weighted by Crippen LogP contribution is 2.05. The molecular formula is C7H11N3O2. The molecule has 1 aromatic heterocycles. The second kappa shape index (κ2) is 4.66. The number of hydrogen-bond donors (Lipinski definition) is 2. The van der Waals surface area contributed by atoms with E-state index in [9.17, 15) is 0 Å². The summed E-state index contributed by atoms with van der Waals surface area (Å²) in [5.74, 6) is 0.708. The summed E-state index contributed by atoms with van der Waals surface area (Å²) in [6, 6.07) is 3.47. The molecule has 0 amide bonds. The molecule has 0 aromatic carbocycles. The monoisotopic (exact) mass is 169 g/mol. The number of nitrogens with one attached hydrogen (secondary N) is 1. The average molecular weight is 169 g/mol. The van der Waals surface area contributed by atoms with E-state index in [0.717, 1.165) is 5.17 Å². The van der Waals surface area contributed by atoms with Gasteiger partial charge in [-0.3, -0.25) is 10.2 Å². The molecular weight excluding hydrogens is 158 g/mol. The predicted octanol–water partition coefficient (Wildman–Crippen LogP) is 0.243. The van der Waals surface area contributed by atoms with Crippen LogP contribution >= 0.6 is 0 Å². The van der Waals surface area contributed by atoms with Crippen molar-refractivity contribution >= 4 is 0 Å². The molecule has 0 aliphatic carbocycles. The van der Waals surface area contributed by atoms with E-state index in [0.29, 0.717) is 5.75 Å². The Bertz CT molecular complexity index is 215. The van der Waals surface area contributed by atoms with Gasteiger partial charge >= 0.3 is 0 Å². The average Bonchev–Trinajstić information content (AvgIpc) is 2.05. The van der Waals surface area contributed by atoms with Crippen LogP contribution in [0.1, 0.15) is 0 Å². The number of pyridine rings is 1. The SMILES string of the molecule is CN(O)NCOc1ccncc1. The van der Waals surface area contributed by atoms with Crippen molar-refractivity contribution in [3.05, 3.63) is 24.5 Å². The van der Waals surface area contributed by atoms with Crippen LogP contribution in [0.5, 0.6) is 5.75 Å². The van der Waals surface area contributed by atoms with Gasteiger partial charge in [0, 0.05) is 19.4 Å². The fourth-order valence-electron chi connectivity index (χ4n) is 0.643. The van der Waals surface area contributed by atoms with Crippen LogP contribution in [0.25, 0.3) is 0 Å². The third kappa shape index (κ3) is 3.29. The van der Waals surface area contributed by atoms with E-state index in [-0.39, 0.29) is 6.73 Å². The number of nitrogens with zero attached hydrogens (tertiary/aromatic N) is 2. The Kier molecular flexibility index (Phi) is 3.46. The number of hydrogen-bond acceptors (Lipinski definition) is 5. The first-order valence-electron chi connectivity index (χ1n) is 3.48. The van der Waals surface area contributed by atoms with Crippen LogP contribution in [-0.4, -0.2) is 29.1 Å². The highest BCUT2D eigenvalue weighted by molar-refractivity contribution is 5.16. The van der Waals surface area contributed by atoms with Crippen molar-refractivity contribution in [3.8, 4) is 5.75 Å². The van der Waals surface area contributed by atoms with Gasteiger partial charge in [0.15, 0.2) is 6.73 Å². The predicted molar refractivity (Wildman–Crippen MR) is 42.4 cm³/mol. The van der Waals surface area contributed by atoms with Crippen LogP contribution in [0.3, 0.4) is 0 Å². The number of aromatic nitrogens is 1. The molecule has 1 heterocycles. The quantitative estimate of drug-likeness (QED) is 0.499. The number of hydroxylamine groups is 1. The van der Waals surface area contributed by atoms with Gasteiger partial charge in [0.2, 0.25) is 0 Å². The summed E-state index contributed by atoms with van der Waals surface area (Å²) in [6.07, 6.45) is 3.27. The molecule has 0 aliphatic heterocycles. The summed E-state index contributed by atoms with van der Waals surface area (Å²) >= 11 is 0. The van der Waals surface area contributed by atoms with Gasteiger partial charge < -0.3 is 4.74 Å². The van der Waals surface area contributed by atoms with E-state index in [1.54, 1.807) is 24.5 Å². The third-order valence-corrected chi connectivity index (χ3v) is 1.18. The zero-order valence-corrected chi connectivity index (χ0v) is 6.77. The van der Waals surface area contributed by atoms with Crippen LogP contribution in [0.2, 0.25) is 0 Å². The van der Waals surface area contributed by atoms with E-state index in [2.05, 4.69) is 10.4 Å². The lowest BCUT2D eigenvalue weighted by Gasteiger charge is -2.10. The van der Waals surface area contributed by atoms with Crippen molar-refractivity contribution in [2.75, 3.05) is 13.8 Å². The molecule has 66 valence electrons. The van der Waals surface area contributed by atoms with Crippen molar-refractivity contribution in [3.63, 3.8) is 0 Å². The van der Waals surface area contributed by atoms with Crippen molar-refractivity contribution in [1.29, 1.82) is 0 Å². The maximum Gasteiger partial charge on any atom is 0.153 e. The minimum atomic E-state index is 0.219. The molecule has 0 bridgehead atoms. The highest BCUT2D eigenvalue weighted by atomic mass is 16.6. The molecule has 5 heteroatoms. The second-order valence-electron chi connectivity index (χ2n) is 2.15. The normalized spacial score (nSPS) is 10.2. The summed E-state index contributed by atoms with van der Waals surface area (Å²) in [6.45, 7) is 0.219. The van der Waals surface area contributed by atoms with Crippen LogP contribution in [-0.2, 0) is 0 Å². The molecule has 1 rings (SSSR count). The van der Waals surface area contributed by atoms with Crippen molar-refractivity contribution in [1.82, 2.24) is 15.6 Å². The van der Waals surface area contributed by atoms with Crippen LogP contribution in [0, 0.1) is 0 Å². The van der Waals surface area contributed by atoms with Gasteiger partial charge in [-0.2, -0.15) is 5.43 Å². The van der Waals surface area contributed by atoms with Crippen molar-refractivity contribution in [2.24, 2.45) is 0 Å². The summed E-state index contributed by atoms with van der Waals surface area (Å²) in [4.78, 5) is 3.83. The topological polar surface area (TPSA) is 57.6 Å². The number of rotatable bonds is 4. The smallest absolute Gasteiger partial charge is 0.153 e. The lowest BCUT2D eigenvalue weighted by molar-refractivity contribution is -0.125. The minimum Gasteiger partial charge on any atom is -0.477 e. The van der Waals surface area contributed by atoms with Crippen LogP contribution in [0.4, 0.5) is 0 Å². The summed E-state index contributed by atoms with van der Waals surface area (Å²) in [7, 11) is 1.47. The van der Waals surface area contributed by atoms with E-state index in [1.165, 1.54) is 7.05 Å². The van der Waals surface area contributed by atoms with Crippen molar-refractivity contribution in [2.45, 2.75) is 0 Å². The fourth-order valence-corrected chi connectivity index (χ4v) is 0.643. The largest absolute Gasteiger partial charge is 0.477 e. The molecule has 0 spiro atoms. The van der Waals surface area contributed by atoms with E-state index in [1.807, 2.05) is 0 Å². The molecule has 1 aromatic rings. The van der Waals surface area contributed by atoms with Gasteiger partial charge in [-0.1, -0.05) is 0 Å². The maximum atomic E-state index is 8.66. The molecule has 0 atom stereocenters. The van der Waals surface area contributed by atoms with E-state index >= 15 is 0 Å². The molecule has 5 nitrogen and oxygen atoms in total. The lowest BCUT2D eigenvalue weighted by atomic mass is 10.5. The van der Waals surface area contributed by atoms with Crippen molar-refractivity contribution < 1.29 is 9.94 Å². The fraction of sp³-hybridized carbons (Fsp3) is 0.286. The first-order valence-corrected chi connectivity index (χ1v) is 3.48. The highest BCUT2D eigenvalue weighted by Gasteiger charge is 1.91. The van der Waals surface area contributed by atoms with Gasteiger partial charge in [0.05, 0.1) is 0 Å². The zero-order valence-electron chi connectivity index (χ0n) is 6.77. The van der Waals surface area contributed by atoms with E-state index < -0.39 is 0 Å². The van der Waals surface area contributed by atoms with Gasteiger partial charge in [-0.05, 0) is 12.1 Å². The third-order valence-electron chi connectivity index (χ3n) is 1.18. The lowest BCUT2D eigenvalue weighted by Crippen LogP contribution is -2.34. The Labute approximate surface area is 70.5 Å². The van der Waals surface area contributed by atoms with Crippen LogP contribution < -0.4 is 10.2 Å². The second-order valence-corrected chi connectivity index (χ2v) is 2.15. The number of hydrazine groups is 1. The Morgan fingerprint density at radius 2 is 2.25 bits per heavy atom. The molecule has 12 heavy (non-hydrogen) atoms. The van der Waals surface area contributed by atoms with Crippen LogP contribution in [0.15, 0.2) is 24.5 Å². The Hall–Kier alpha value is -1.17. The molecule has 0 unspecified atom stereocenters. The summed E-state index contributed by atoms with van der Waals surface area (Å²) in [5.41, 5.74) is 2.54. The Morgan fingerprint density at radius 3 is 2.83 bits per heavy atom. The molecule has 0 fully saturated rings. The van der Waals surface area contributed by atoms with Gasteiger partial charge in [0.25, 0.3) is 0 Å². The summed E-state index contributed by atoms with van der Waals surface area (Å²) in [5, 5.41) is 9.49. The molecule has 0 saturated carbocycles. The molecule has 0 radical (unpaired) electrons.